The van der Waals surface area contributed by atoms with Crippen LogP contribution in [0.2, 0.25) is 5.02 Å². The van der Waals surface area contributed by atoms with Gasteiger partial charge in [-0.1, -0.05) is 18.5 Å². The van der Waals surface area contributed by atoms with Crippen LogP contribution < -0.4 is 5.32 Å². The van der Waals surface area contributed by atoms with E-state index in [4.69, 9.17) is 20.8 Å². The van der Waals surface area contributed by atoms with Gasteiger partial charge >= 0.3 is 5.97 Å². The summed E-state index contributed by atoms with van der Waals surface area (Å²) in [4.78, 5) is 26.0. The minimum atomic E-state index is -0.412. The fraction of sp³-hybridized carbons (Fsp3) is 0.273. The topological polar surface area (TPSA) is 68.5 Å². The Labute approximate surface area is 177 Å². The van der Waals surface area contributed by atoms with Crippen molar-refractivity contribution in [3.63, 3.8) is 0 Å². The van der Waals surface area contributed by atoms with E-state index in [0.29, 0.717) is 32.8 Å². The predicted octanol–water partition coefficient (Wildman–Crippen LogP) is 5.71. The van der Waals surface area contributed by atoms with Gasteiger partial charge in [0, 0.05) is 21.4 Å². The Morgan fingerprint density at radius 1 is 1.34 bits per heavy atom. The molecule has 0 aliphatic heterocycles. The summed E-state index contributed by atoms with van der Waals surface area (Å²) in [6.07, 6.45) is 5.75. The van der Waals surface area contributed by atoms with Gasteiger partial charge < -0.3 is 14.5 Å². The van der Waals surface area contributed by atoms with Crippen molar-refractivity contribution < 1.29 is 18.7 Å². The smallest absolute Gasteiger partial charge is 0.341 e. The second kappa shape index (κ2) is 8.05. The van der Waals surface area contributed by atoms with Crippen molar-refractivity contribution in [1.82, 2.24) is 0 Å². The average Bonchev–Trinajstić information content (AvgIpc) is 3.25. The highest BCUT2D eigenvalue weighted by Gasteiger charge is 2.28. The zero-order valence-corrected chi connectivity index (χ0v) is 17.7. The van der Waals surface area contributed by atoms with Crippen LogP contribution >= 0.6 is 22.9 Å². The molecule has 1 aliphatic rings. The van der Waals surface area contributed by atoms with Crippen molar-refractivity contribution >= 4 is 56.9 Å². The number of carbonyl (C=O) groups is 2. The van der Waals surface area contributed by atoms with Crippen molar-refractivity contribution in [2.75, 3.05) is 12.4 Å². The van der Waals surface area contributed by atoms with E-state index in [0.717, 1.165) is 35.1 Å². The largest absolute Gasteiger partial charge is 0.465 e. The quantitative estimate of drug-likeness (QED) is 0.426. The van der Waals surface area contributed by atoms with Crippen molar-refractivity contribution in [3.8, 4) is 0 Å². The van der Waals surface area contributed by atoms with Gasteiger partial charge in [-0.25, -0.2) is 4.79 Å². The van der Waals surface area contributed by atoms with Crippen molar-refractivity contribution in [2.45, 2.75) is 26.2 Å². The number of halogens is 1. The van der Waals surface area contributed by atoms with E-state index in [1.165, 1.54) is 24.5 Å². The Hall–Kier alpha value is -2.57. The third-order valence-electron chi connectivity index (χ3n) is 5.03. The Balaban J connectivity index is 1.55. The number of thiophene rings is 1. The molecule has 7 heteroatoms. The van der Waals surface area contributed by atoms with Crippen LogP contribution in [0.25, 0.3) is 17.0 Å². The summed E-state index contributed by atoms with van der Waals surface area (Å²) in [7, 11) is 1.36. The van der Waals surface area contributed by atoms with E-state index in [-0.39, 0.29) is 5.91 Å². The van der Waals surface area contributed by atoms with Crippen LogP contribution in [0.5, 0.6) is 0 Å². The Morgan fingerprint density at radius 3 is 2.97 bits per heavy atom. The molecule has 1 N–H and O–H groups in total. The molecule has 0 unspecified atom stereocenters. The van der Waals surface area contributed by atoms with Gasteiger partial charge in [0.1, 0.15) is 16.3 Å². The first-order chi connectivity index (χ1) is 13.9. The molecule has 2 heterocycles. The third-order valence-corrected chi connectivity index (χ3v) is 6.44. The predicted molar refractivity (Wildman–Crippen MR) is 116 cm³/mol. The van der Waals surface area contributed by atoms with E-state index >= 15 is 0 Å². The lowest BCUT2D eigenvalue weighted by Crippen LogP contribution is -2.14. The molecule has 0 fully saturated rings. The maximum Gasteiger partial charge on any atom is 0.341 e. The molecule has 1 amide bonds. The summed E-state index contributed by atoms with van der Waals surface area (Å²) in [6, 6.07) is 7.16. The molecule has 1 atom stereocenters. The number of benzene rings is 1. The first-order valence-electron chi connectivity index (χ1n) is 9.35. The second-order valence-corrected chi connectivity index (χ2v) is 8.74. The van der Waals surface area contributed by atoms with Crippen LogP contribution in [-0.4, -0.2) is 19.0 Å². The van der Waals surface area contributed by atoms with Crippen molar-refractivity contribution in [3.05, 3.63) is 57.1 Å². The summed E-state index contributed by atoms with van der Waals surface area (Å²) in [5.74, 6) is 0.368. The number of furan rings is 1. The SMILES string of the molecule is COC(=O)c1c(NC(=O)/C=C/c2cc3cc(Cl)ccc3o2)sc2c1CC[C@@H](C)C2. The fourth-order valence-corrected chi connectivity index (χ4v) is 5.17. The van der Waals surface area contributed by atoms with Crippen LogP contribution in [0.3, 0.4) is 0 Å². The van der Waals surface area contributed by atoms with E-state index in [9.17, 15) is 9.59 Å². The Kier molecular flexibility index (Phi) is 5.48. The molecule has 0 radical (unpaired) electrons. The first-order valence-corrected chi connectivity index (χ1v) is 10.5. The average molecular weight is 430 g/mol. The van der Waals surface area contributed by atoms with Crippen molar-refractivity contribution in [1.29, 1.82) is 0 Å². The van der Waals surface area contributed by atoms with E-state index < -0.39 is 5.97 Å². The molecule has 150 valence electrons. The van der Waals surface area contributed by atoms with Crippen LogP contribution in [0.4, 0.5) is 5.00 Å². The number of hydrogen-bond donors (Lipinski definition) is 1. The molecule has 29 heavy (non-hydrogen) atoms. The van der Waals surface area contributed by atoms with E-state index in [1.54, 1.807) is 24.3 Å². The van der Waals surface area contributed by atoms with Gasteiger partial charge in [-0.3, -0.25) is 4.79 Å². The molecular weight excluding hydrogens is 410 g/mol. The third kappa shape index (κ3) is 4.09. The highest BCUT2D eigenvalue weighted by Crippen LogP contribution is 2.40. The van der Waals surface area contributed by atoms with E-state index in [1.807, 2.05) is 6.07 Å². The van der Waals surface area contributed by atoms with Crippen molar-refractivity contribution in [2.24, 2.45) is 5.92 Å². The molecule has 0 bridgehead atoms. The number of amides is 1. The van der Waals surface area contributed by atoms with Gasteiger partial charge in [0.15, 0.2) is 0 Å². The zero-order chi connectivity index (χ0) is 20.5. The molecule has 3 aromatic rings. The number of methoxy groups -OCH3 is 1. The number of anilines is 1. The summed E-state index contributed by atoms with van der Waals surface area (Å²) < 4.78 is 10.6. The summed E-state index contributed by atoms with van der Waals surface area (Å²) in [5, 5.41) is 4.87. The highest BCUT2D eigenvalue weighted by atomic mass is 35.5. The fourth-order valence-electron chi connectivity index (χ4n) is 3.59. The normalized spacial score (nSPS) is 16.2. The molecule has 0 saturated carbocycles. The minimum Gasteiger partial charge on any atom is -0.465 e. The number of carbonyl (C=O) groups excluding carboxylic acids is 2. The number of fused-ring (bicyclic) bond motifs is 2. The molecule has 4 rings (SSSR count). The van der Waals surface area contributed by atoms with Gasteiger partial charge in [0.05, 0.1) is 12.7 Å². The molecule has 0 spiro atoms. The Bertz CT molecular complexity index is 1130. The maximum absolute atomic E-state index is 12.5. The monoisotopic (exact) mass is 429 g/mol. The number of rotatable bonds is 4. The van der Waals surface area contributed by atoms with Gasteiger partial charge in [-0.2, -0.15) is 0 Å². The lowest BCUT2D eigenvalue weighted by molar-refractivity contribution is -0.111. The number of ether oxygens (including phenoxy) is 1. The molecular formula is C22H20ClNO4S. The lowest BCUT2D eigenvalue weighted by atomic mass is 9.88. The Morgan fingerprint density at radius 2 is 2.17 bits per heavy atom. The van der Waals surface area contributed by atoms with Crippen LogP contribution in [0, 0.1) is 5.92 Å². The number of esters is 1. The van der Waals surface area contributed by atoms with Crippen LogP contribution in [0.15, 0.2) is 34.8 Å². The second-order valence-electron chi connectivity index (χ2n) is 7.20. The first kappa shape index (κ1) is 19.7. The summed E-state index contributed by atoms with van der Waals surface area (Å²) >= 11 is 7.45. The minimum absolute atomic E-state index is 0.333. The molecule has 0 saturated heterocycles. The number of nitrogens with one attached hydrogen (secondary N) is 1. The van der Waals surface area contributed by atoms with E-state index in [2.05, 4.69) is 12.2 Å². The number of hydrogen-bond acceptors (Lipinski definition) is 5. The molecule has 1 aliphatic carbocycles. The van der Waals surface area contributed by atoms with Gasteiger partial charge in [0.2, 0.25) is 5.91 Å². The van der Waals surface area contributed by atoms with Crippen LogP contribution in [-0.2, 0) is 22.4 Å². The highest BCUT2D eigenvalue weighted by molar-refractivity contribution is 7.17. The zero-order valence-electron chi connectivity index (χ0n) is 16.1. The standard InChI is InChI=1S/C22H20ClNO4S/c1-12-3-6-16-18(9-12)29-21(20(16)22(26)27-2)24-19(25)8-5-15-11-13-10-14(23)4-7-17(13)28-15/h4-5,7-8,10-12H,3,6,9H2,1-2H3,(H,24,25)/b8-5+/t12-/m1/s1. The maximum atomic E-state index is 12.5. The van der Waals surface area contributed by atoms with Gasteiger partial charge in [-0.15, -0.1) is 11.3 Å². The molecule has 2 aromatic heterocycles. The van der Waals surface area contributed by atoms with Gasteiger partial charge in [0.25, 0.3) is 0 Å². The lowest BCUT2D eigenvalue weighted by Gasteiger charge is -2.18. The molecule has 1 aromatic carbocycles. The van der Waals surface area contributed by atoms with Gasteiger partial charge in [-0.05, 0) is 61.1 Å². The molecule has 5 nitrogen and oxygen atoms in total. The summed E-state index contributed by atoms with van der Waals surface area (Å²) in [5.41, 5.74) is 2.19. The summed E-state index contributed by atoms with van der Waals surface area (Å²) in [6.45, 7) is 2.20. The van der Waals surface area contributed by atoms with Crippen LogP contribution in [0.1, 0.15) is 39.9 Å².